The number of sulfonamides is 1. The van der Waals surface area contributed by atoms with Gasteiger partial charge in [0.2, 0.25) is 15.9 Å². The number of nitrogens with zero attached hydrogens (tertiary/aromatic N) is 2. The highest BCUT2D eigenvalue weighted by atomic mass is 32.2. The van der Waals surface area contributed by atoms with Crippen LogP contribution in [0.2, 0.25) is 0 Å². The molecule has 2 aliphatic heterocycles. The summed E-state index contributed by atoms with van der Waals surface area (Å²) in [5.41, 5.74) is 7.16. The topological polar surface area (TPSA) is 127 Å². The van der Waals surface area contributed by atoms with Crippen molar-refractivity contribution in [1.29, 1.82) is 0 Å². The van der Waals surface area contributed by atoms with E-state index in [1.807, 2.05) is 0 Å². The number of carbonyl (C=O) groups excluding carboxylic acids is 1. The van der Waals surface area contributed by atoms with Gasteiger partial charge in [-0.3, -0.25) is 9.78 Å². The van der Waals surface area contributed by atoms with Gasteiger partial charge in [-0.25, -0.2) is 17.2 Å². The van der Waals surface area contributed by atoms with E-state index in [2.05, 4.69) is 15.6 Å². The first kappa shape index (κ1) is 30.0. The summed E-state index contributed by atoms with van der Waals surface area (Å²) >= 11 is 0. The van der Waals surface area contributed by atoms with Gasteiger partial charge in [-0.15, -0.1) is 0 Å². The second kappa shape index (κ2) is 12.4. The van der Waals surface area contributed by atoms with E-state index in [-0.39, 0.29) is 47.4 Å². The average Bonchev–Trinajstić information content (AvgIpc) is 3.08. The quantitative estimate of drug-likeness (QED) is 0.431. The van der Waals surface area contributed by atoms with Gasteiger partial charge in [-0.2, -0.15) is 4.31 Å². The smallest absolute Gasteiger partial charge is 0.242 e. The van der Waals surface area contributed by atoms with Gasteiger partial charge in [-0.1, -0.05) is 12.1 Å². The molecule has 0 radical (unpaired) electrons. The lowest BCUT2D eigenvalue weighted by Crippen LogP contribution is -2.57. The van der Waals surface area contributed by atoms with Crippen LogP contribution < -0.4 is 16.4 Å². The lowest BCUT2D eigenvalue weighted by atomic mass is 9.64. The first-order chi connectivity index (χ1) is 19.6. The van der Waals surface area contributed by atoms with Crippen molar-refractivity contribution in [2.75, 3.05) is 31.3 Å². The van der Waals surface area contributed by atoms with Gasteiger partial charge < -0.3 is 21.1 Å². The lowest BCUT2D eigenvalue weighted by Gasteiger charge is -2.43. The second-order valence-electron chi connectivity index (χ2n) is 11.5. The number of nitrogens with two attached hydrogens (primary N) is 1. The van der Waals surface area contributed by atoms with Gasteiger partial charge in [0.05, 0.1) is 36.0 Å². The van der Waals surface area contributed by atoms with Crippen LogP contribution in [0.25, 0.3) is 0 Å². The van der Waals surface area contributed by atoms with Crippen molar-refractivity contribution in [3.05, 3.63) is 59.4 Å². The average molecular weight is 592 g/mol. The van der Waals surface area contributed by atoms with E-state index in [0.717, 1.165) is 18.2 Å². The largest absolute Gasteiger partial charge is 0.381 e. The molecule has 224 valence electrons. The molecule has 0 spiro atoms. The van der Waals surface area contributed by atoms with E-state index in [1.54, 1.807) is 23.5 Å². The van der Waals surface area contributed by atoms with Gasteiger partial charge in [-0.05, 0) is 69.1 Å². The fourth-order valence-corrected chi connectivity index (χ4v) is 8.55. The minimum absolute atomic E-state index is 0.0513. The number of hydrogen-bond donors (Lipinski definition) is 3. The van der Waals surface area contributed by atoms with Crippen LogP contribution in [-0.2, 0) is 31.4 Å². The third-order valence-electron chi connectivity index (χ3n) is 9.21. The number of rotatable bonds is 8. The van der Waals surface area contributed by atoms with E-state index in [0.29, 0.717) is 51.6 Å². The standard InChI is InChI=1S/C29H39F2N5O4S/c1-40-23-10-12-29(13-11-23,19-4-6-20(30)7-5-19)27(32)28(37)35-26-17-33-16-25(31)24(26)9-8-22-15-34-21-3-2-14-41(38,39)36(22)18-21/h4-7,16-17,21-23,27,34H,2-3,8-15,18,32H2,1H3,(H,35,37)/t21-,22+,23?,27-,29?/m1/s1. The minimum Gasteiger partial charge on any atom is -0.381 e. The van der Waals surface area contributed by atoms with Crippen LogP contribution >= 0.6 is 0 Å². The molecule has 2 bridgehead atoms. The Morgan fingerprint density at radius 1 is 1.22 bits per heavy atom. The van der Waals surface area contributed by atoms with Crippen molar-refractivity contribution < 1.29 is 26.7 Å². The molecule has 1 unspecified atom stereocenters. The summed E-state index contributed by atoms with van der Waals surface area (Å²) in [7, 11) is -1.72. The molecule has 1 amide bonds. The molecule has 1 aromatic carbocycles. The number of nitrogens with one attached hydrogen (secondary N) is 2. The van der Waals surface area contributed by atoms with Crippen molar-refractivity contribution in [2.24, 2.45) is 5.73 Å². The number of fused-ring (bicyclic) bond motifs is 2. The summed E-state index contributed by atoms with van der Waals surface area (Å²) in [6.45, 7) is 0.908. The van der Waals surface area contributed by atoms with Crippen molar-refractivity contribution in [2.45, 2.75) is 81.0 Å². The molecule has 1 saturated carbocycles. The highest BCUT2D eigenvalue weighted by Gasteiger charge is 2.45. The van der Waals surface area contributed by atoms with Crippen LogP contribution in [0.1, 0.15) is 56.1 Å². The normalized spacial score (nSPS) is 30.2. The number of carbonyl (C=O) groups is 1. The third kappa shape index (κ3) is 6.31. The van der Waals surface area contributed by atoms with Gasteiger partial charge in [0, 0.05) is 43.3 Å². The molecule has 41 heavy (non-hydrogen) atoms. The minimum atomic E-state index is -3.38. The van der Waals surface area contributed by atoms with Crippen LogP contribution in [0.4, 0.5) is 14.5 Å². The predicted octanol–water partition coefficient (Wildman–Crippen LogP) is 2.85. The number of methoxy groups -OCH3 is 1. The van der Waals surface area contributed by atoms with Gasteiger partial charge in [0.25, 0.3) is 0 Å². The Morgan fingerprint density at radius 2 is 1.95 bits per heavy atom. The monoisotopic (exact) mass is 591 g/mol. The summed E-state index contributed by atoms with van der Waals surface area (Å²) < 4.78 is 61.7. The van der Waals surface area contributed by atoms with Gasteiger partial charge in [0.1, 0.15) is 11.6 Å². The van der Waals surface area contributed by atoms with E-state index in [1.165, 1.54) is 18.3 Å². The van der Waals surface area contributed by atoms with Crippen molar-refractivity contribution >= 4 is 21.6 Å². The molecule has 4 N–H and O–H groups in total. The molecule has 3 heterocycles. The van der Waals surface area contributed by atoms with E-state index in [4.69, 9.17) is 10.5 Å². The maximum Gasteiger partial charge on any atom is 0.242 e. The summed E-state index contributed by atoms with van der Waals surface area (Å²) in [6.07, 6.45) is 7.08. The Labute approximate surface area is 240 Å². The molecule has 12 heteroatoms. The predicted molar refractivity (Wildman–Crippen MR) is 152 cm³/mol. The first-order valence-electron chi connectivity index (χ1n) is 14.3. The first-order valence-corrected chi connectivity index (χ1v) is 15.9. The maximum atomic E-state index is 15.1. The van der Waals surface area contributed by atoms with Crippen molar-refractivity contribution in [3.63, 3.8) is 0 Å². The summed E-state index contributed by atoms with van der Waals surface area (Å²) in [6, 6.07) is 4.89. The van der Waals surface area contributed by atoms with Gasteiger partial charge in [0.15, 0.2) is 0 Å². The number of ether oxygens (including phenoxy) is 1. The molecule has 5 rings (SSSR count). The number of hydrogen-bond acceptors (Lipinski definition) is 7. The Morgan fingerprint density at radius 3 is 2.66 bits per heavy atom. The second-order valence-corrected chi connectivity index (χ2v) is 13.6. The van der Waals surface area contributed by atoms with Crippen molar-refractivity contribution in [1.82, 2.24) is 14.6 Å². The number of pyridine rings is 1. The van der Waals surface area contributed by atoms with E-state index < -0.39 is 33.2 Å². The zero-order valence-electron chi connectivity index (χ0n) is 23.3. The number of amides is 1. The molecule has 9 nitrogen and oxygen atoms in total. The molecule has 2 aromatic rings. The highest BCUT2D eigenvalue weighted by molar-refractivity contribution is 7.89. The molecular weight excluding hydrogens is 552 g/mol. The Hall–Kier alpha value is -2.51. The fraction of sp³-hybridized carbons (Fsp3) is 0.586. The zero-order valence-corrected chi connectivity index (χ0v) is 24.1. The van der Waals surface area contributed by atoms with E-state index in [9.17, 15) is 17.6 Å². The molecule has 3 fully saturated rings. The molecule has 3 aliphatic rings. The van der Waals surface area contributed by atoms with E-state index >= 15 is 4.39 Å². The number of halogens is 2. The zero-order chi connectivity index (χ0) is 29.2. The van der Waals surface area contributed by atoms with Crippen LogP contribution in [0.15, 0.2) is 36.7 Å². The third-order valence-corrected chi connectivity index (χ3v) is 11.2. The summed E-state index contributed by atoms with van der Waals surface area (Å²) in [5.74, 6) is -1.33. The molecule has 2 saturated heterocycles. The SMILES string of the molecule is COC1CCC(c2ccc(F)cc2)([C@H](N)C(=O)Nc2cncc(F)c2CC[C@H]2CN[C@@H]3CCCS(=O)(=O)N2C3)CC1. The summed E-state index contributed by atoms with van der Waals surface area (Å²) in [5, 5.41) is 6.24. The van der Waals surface area contributed by atoms with Crippen LogP contribution in [0, 0.1) is 11.6 Å². The Balaban J connectivity index is 1.34. The van der Waals surface area contributed by atoms with Crippen LogP contribution in [-0.4, -0.2) is 73.8 Å². The molecule has 4 atom stereocenters. The van der Waals surface area contributed by atoms with Gasteiger partial charge >= 0.3 is 0 Å². The lowest BCUT2D eigenvalue weighted by molar-refractivity contribution is -0.119. The highest BCUT2D eigenvalue weighted by Crippen LogP contribution is 2.43. The van der Waals surface area contributed by atoms with Crippen LogP contribution in [0.5, 0.6) is 0 Å². The fourth-order valence-electron chi connectivity index (χ4n) is 6.74. The Kier molecular flexibility index (Phi) is 9.05. The molecule has 1 aliphatic carbocycles. The van der Waals surface area contributed by atoms with Crippen molar-refractivity contribution in [3.8, 4) is 0 Å². The number of piperazine rings is 1. The van der Waals surface area contributed by atoms with Crippen LogP contribution in [0.3, 0.4) is 0 Å². The number of benzene rings is 1. The number of anilines is 1. The Bertz CT molecular complexity index is 1340. The maximum absolute atomic E-state index is 15.1. The summed E-state index contributed by atoms with van der Waals surface area (Å²) in [4.78, 5) is 17.6. The molecular formula is C29H39F2N5O4S. The molecule has 1 aromatic heterocycles. The number of aromatic nitrogens is 1.